The Morgan fingerprint density at radius 1 is 1.10 bits per heavy atom. The summed E-state index contributed by atoms with van der Waals surface area (Å²) in [4.78, 5) is 32.5. The lowest BCUT2D eigenvalue weighted by Crippen LogP contribution is -2.43. The van der Waals surface area contributed by atoms with E-state index >= 15 is 0 Å². The maximum absolute atomic E-state index is 13.2. The fourth-order valence-electron chi connectivity index (χ4n) is 3.35. The van der Waals surface area contributed by atoms with Crippen LogP contribution in [0.1, 0.15) is 23.9 Å². The van der Waals surface area contributed by atoms with Crippen LogP contribution in [0.15, 0.2) is 53.1 Å². The van der Waals surface area contributed by atoms with E-state index in [-0.39, 0.29) is 24.2 Å². The number of urea groups is 1. The molecule has 1 aromatic heterocycles. The number of Topliss-reactive ketones (excluding diaryl/α,β-unsaturated/α-hetero) is 1. The van der Waals surface area contributed by atoms with Crippen LogP contribution in [0.5, 0.6) is 0 Å². The lowest BCUT2D eigenvalue weighted by atomic mass is 10.1. The highest BCUT2D eigenvalue weighted by atomic mass is 35.5. The number of rotatable bonds is 5. The van der Waals surface area contributed by atoms with Gasteiger partial charge in [-0.15, -0.1) is 11.6 Å². The number of alkyl halides is 1. The Hall–Kier alpha value is -3.19. The molecule has 0 radical (unpaired) electrons. The van der Waals surface area contributed by atoms with Crippen LogP contribution in [-0.2, 0) is 23.8 Å². The summed E-state index contributed by atoms with van der Waals surface area (Å²) >= 11 is 5.70. The molecule has 0 N–H and O–H groups in total. The van der Waals surface area contributed by atoms with Gasteiger partial charge in [0.2, 0.25) is 11.7 Å². The van der Waals surface area contributed by atoms with E-state index in [9.17, 15) is 9.59 Å². The molecule has 3 aromatic rings. The summed E-state index contributed by atoms with van der Waals surface area (Å²) in [7, 11) is 0. The molecule has 7 nitrogen and oxygen atoms in total. The first-order valence-electron chi connectivity index (χ1n) is 9.17. The Balaban J connectivity index is 1.56. The van der Waals surface area contributed by atoms with Gasteiger partial charge in [0.05, 0.1) is 6.54 Å². The van der Waals surface area contributed by atoms with Crippen molar-refractivity contribution in [2.45, 2.75) is 25.9 Å². The first kappa shape index (κ1) is 19.1. The first-order valence-corrected chi connectivity index (χ1v) is 9.70. The van der Waals surface area contributed by atoms with Crippen molar-refractivity contribution in [2.75, 3.05) is 11.4 Å². The standard InChI is InChI=1S/C21H19ClN4O3/c1-14(27)11-26(21(28)25-12-16-4-2-3-5-17(16)13-25)18-8-6-15(7-9-18)20-23-19(10-22)29-24-20/h2-9H,10-13H2,1H3. The topological polar surface area (TPSA) is 79.5 Å². The molecule has 0 aliphatic carbocycles. The summed E-state index contributed by atoms with van der Waals surface area (Å²) in [6.07, 6.45) is 0. The number of benzene rings is 2. The average Bonchev–Trinajstić information content (AvgIpc) is 3.38. The number of aromatic nitrogens is 2. The van der Waals surface area contributed by atoms with Crippen LogP contribution in [0.3, 0.4) is 0 Å². The van der Waals surface area contributed by atoms with Crippen molar-refractivity contribution in [3.05, 3.63) is 65.5 Å². The van der Waals surface area contributed by atoms with Crippen molar-refractivity contribution in [3.8, 4) is 11.4 Å². The number of carbonyl (C=O) groups is 2. The lowest BCUT2D eigenvalue weighted by Gasteiger charge is -2.27. The van der Waals surface area contributed by atoms with Crippen molar-refractivity contribution in [2.24, 2.45) is 0 Å². The smallest absolute Gasteiger partial charge is 0.325 e. The zero-order valence-corrected chi connectivity index (χ0v) is 16.6. The summed E-state index contributed by atoms with van der Waals surface area (Å²) in [6.45, 7) is 2.54. The Bertz CT molecular complexity index is 1020. The molecule has 0 fully saturated rings. The third-order valence-electron chi connectivity index (χ3n) is 4.74. The van der Waals surface area contributed by atoms with Gasteiger partial charge in [-0.05, 0) is 42.3 Å². The van der Waals surface area contributed by atoms with E-state index in [2.05, 4.69) is 10.1 Å². The van der Waals surface area contributed by atoms with Gasteiger partial charge in [-0.2, -0.15) is 4.98 Å². The van der Waals surface area contributed by atoms with Crippen LogP contribution in [0.4, 0.5) is 10.5 Å². The van der Waals surface area contributed by atoms with Crippen LogP contribution >= 0.6 is 11.6 Å². The molecule has 2 amide bonds. The maximum atomic E-state index is 13.2. The van der Waals surface area contributed by atoms with Gasteiger partial charge < -0.3 is 9.42 Å². The molecule has 1 aliphatic rings. The molecule has 148 valence electrons. The van der Waals surface area contributed by atoms with E-state index in [0.29, 0.717) is 30.5 Å². The van der Waals surface area contributed by atoms with Gasteiger partial charge in [0.15, 0.2) is 0 Å². The lowest BCUT2D eigenvalue weighted by molar-refractivity contribution is -0.115. The third-order valence-corrected chi connectivity index (χ3v) is 4.97. The number of hydrogen-bond acceptors (Lipinski definition) is 5. The van der Waals surface area contributed by atoms with Gasteiger partial charge in [-0.25, -0.2) is 4.79 Å². The minimum Gasteiger partial charge on any atom is -0.338 e. The maximum Gasteiger partial charge on any atom is 0.325 e. The molecular weight excluding hydrogens is 392 g/mol. The van der Waals surface area contributed by atoms with Crippen LogP contribution in [0.25, 0.3) is 11.4 Å². The third kappa shape index (κ3) is 4.00. The second kappa shape index (κ2) is 8.05. The summed E-state index contributed by atoms with van der Waals surface area (Å²) in [5.41, 5.74) is 3.63. The molecule has 0 saturated carbocycles. The highest BCUT2D eigenvalue weighted by molar-refractivity contribution is 6.16. The van der Waals surface area contributed by atoms with Crippen LogP contribution in [-0.4, -0.2) is 33.4 Å². The van der Waals surface area contributed by atoms with Gasteiger partial charge in [-0.1, -0.05) is 29.4 Å². The molecule has 0 saturated heterocycles. The van der Waals surface area contributed by atoms with E-state index in [1.165, 1.54) is 11.8 Å². The summed E-state index contributed by atoms with van der Waals surface area (Å²) in [6, 6.07) is 14.9. The summed E-state index contributed by atoms with van der Waals surface area (Å²) in [5.74, 6) is 0.813. The molecule has 4 rings (SSSR count). The normalized spacial score (nSPS) is 12.7. The average molecular weight is 411 g/mol. The monoisotopic (exact) mass is 410 g/mol. The van der Waals surface area contributed by atoms with Crippen molar-refractivity contribution in [1.29, 1.82) is 0 Å². The van der Waals surface area contributed by atoms with Crippen molar-refractivity contribution >= 4 is 29.1 Å². The fraction of sp³-hybridized carbons (Fsp3) is 0.238. The Kier molecular flexibility index (Phi) is 5.31. The molecule has 2 aromatic carbocycles. The number of anilines is 1. The highest BCUT2D eigenvalue weighted by Crippen LogP contribution is 2.27. The van der Waals surface area contributed by atoms with Gasteiger partial charge in [0.1, 0.15) is 11.7 Å². The molecule has 0 atom stereocenters. The molecule has 0 unspecified atom stereocenters. The molecule has 0 bridgehead atoms. The van der Waals surface area contributed by atoms with Gasteiger partial charge >= 0.3 is 6.03 Å². The highest BCUT2D eigenvalue weighted by Gasteiger charge is 2.28. The van der Waals surface area contributed by atoms with Crippen LogP contribution in [0.2, 0.25) is 0 Å². The summed E-state index contributed by atoms with van der Waals surface area (Å²) < 4.78 is 5.03. The van der Waals surface area contributed by atoms with Crippen molar-refractivity contribution in [1.82, 2.24) is 15.0 Å². The fourth-order valence-corrected chi connectivity index (χ4v) is 3.46. The zero-order chi connectivity index (χ0) is 20.4. The van der Waals surface area contributed by atoms with Crippen LogP contribution < -0.4 is 4.90 Å². The first-order chi connectivity index (χ1) is 14.0. The molecule has 1 aliphatic heterocycles. The SMILES string of the molecule is CC(=O)CN(C(=O)N1Cc2ccccc2C1)c1ccc(-c2noc(CCl)n2)cc1. The molecule has 2 heterocycles. The largest absolute Gasteiger partial charge is 0.338 e. The van der Waals surface area contributed by atoms with E-state index in [0.717, 1.165) is 16.7 Å². The molecule has 8 heteroatoms. The number of amides is 2. The number of carbonyl (C=O) groups excluding carboxylic acids is 2. The second-order valence-electron chi connectivity index (χ2n) is 6.89. The number of halogens is 1. The van der Waals surface area contributed by atoms with Crippen LogP contribution in [0, 0.1) is 0 Å². The molecular formula is C21H19ClN4O3. The second-order valence-corrected chi connectivity index (χ2v) is 7.15. The minimum absolute atomic E-state index is 0.00360. The van der Waals surface area contributed by atoms with E-state index < -0.39 is 0 Å². The zero-order valence-electron chi connectivity index (χ0n) is 15.8. The minimum atomic E-state index is -0.201. The van der Waals surface area contributed by atoms with E-state index in [4.69, 9.17) is 16.1 Å². The number of fused-ring (bicyclic) bond motifs is 1. The number of hydrogen-bond donors (Lipinski definition) is 0. The Morgan fingerprint density at radius 2 is 1.76 bits per heavy atom. The van der Waals surface area contributed by atoms with Crippen molar-refractivity contribution in [3.63, 3.8) is 0 Å². The predicted molar refractivity (Wildman–Crippen MR) is 108 cm³/mol. The Labute approximate surface area is 172 Å². The predicted octanol–water partition coefficient (Wildman–Crippen LogP) is 4.01. The van der Waals surface area contributed by atoms with E-state index in [1.807, 2.05) is 24.3 Å². The van der Waals surface area contributed by atoms with Gasteiger partial charge in [-0.3, -0.25) is 9.69 Å². The Morgan fingerprint density at radius 3 is 2.31 bits per heavy atom. The molecule has 29 heavy (non-hydrogen) atoms. The van der Waals surface area contributed by atoms with E-state index in [1.54, 1.807) is 29.2 Å². The number of ketones is 1. The molecule has 0 spiro atoms. The number of nitrogens with zero attached hydrogens (tertiary/aromatic N) is 4. The van der Waals surface area contributed by atoms with Gasteiger partial charge in [0.25, 0.3) is 0 Å². The quantitative estimate of drug-likeness (QED) is 0.594. The van der Waals surface area contributed by atoms with Gasteiger partial charge in [0, 0.05) is 24.3 Å². The van der Waals surface area contributed by atoms with Crippen molar-refractivity contribution < 1.29 is 14.1 Å². The summed E-state index contributed by atoms with van der Waals surface area (Å²) in [5, 5.41) is 3.89.